The van der Waals surface area contributed by atoms with E-state index < -0.39 is 12.1 Å². The van der Waals surface area contributed by atoms with Gasteiger partial charge in [0, 0.05) is 25.2 Å². The van der Waals surface area contributed by atoms with Gasteiger partial charge in [0.2, 0.25) is 5.91 Å². The number of carbonyl (C=O) groups is 2. The first kappa shape index (κ1) is 17.9. The van der Waals surface area contributed by atoms with Gasteiger partial charge in [-0.1, -0.05) is 0 Å². The van der Waals surface area contributed by atoms with Crippen molar-refractivity contribution in [2.24, 2.45) is 5.41 Å². The fourth-order valence-corrected chi connectivity index (χ4v) is 3.78. The zero-order chi connectivity index (χ0) is 18.4. The van der Waals surface area contributed by atoms with E-state index in [0.29, 0.717) is 17.9 Å². The maximum Gasteiger partial charge on any atom is 0.255 e. The van der Waals surface area contributed by atoms with E-state index in [9.17, 15) is 14.7 Å². The van der Waals surface area contributed by atoms with Crippen molar-refractivity contribution in [2.45, 2.75) is 38.8 Å². The lowest BCUT2D eigenvalue weighted by Gasteiger charge is -2.25. The van der Waals surface area contributed by atoms with Gasteiger partial charge >= 0.3 is 0 Å². The van der Waals surface area contributed by atoms with Gasteiger partial charge < -0.3 is 24.6 Å². The van der Waals surface area contributed by atoms with Gasteiger partial charge in [0.25, 0.3) is 5.91 Å². The van der Waals surface area contributed by atoms with Gasteiger partial charge in [-0.15, -0.1) is 0 Å². The van der Waals surface area contributed by atoms with Gasteiger partial charge in [0.15, 0.2) is 0 Å². The fraction of sp³-hybridized carbons (Fsp3) is 0.667. The third-order valence-electron chi connectivity index (χ3n) is 5.20. The number of aliphatic hydroxyl groups excluding tert-OH is 1. The molecule has 1 saturated heterocycles. The Kier molecular flexibility index (Phi) is 4.64. The maximum atomic E-state index is 12.8. The average Bonchev–Trinajstić information content (AvgIpc) is 3.09. The van der Waals surface area contributed by atoms with E-state index in [1.807, 2.05) is 25.9 Å². The molecule has 25 heavy (non-hydrogen) atoms. The highest BCUT2D eigenvalue weighted by Gasteiger charge is 2.53. The fourth-order valence-electron chi connectivity index (χ4n) is 3.78. The minimum absolute atomic E-state index is 0.0904. The van der Waals surface area contributed by atoms with Crippen LogP contribution in [0.25, 0.3) is 0 Å². The number of amides is 2. The Bertz CT molecular complexity index is 658. The van der Waals surface area contributed by atoms with Crippen LogP contribution < -0.4 is 5.32 Å². The van der Waals surface area contributed by atoms with E-state index in [2.05, 4.69) is 5.32 Å². The summed E-state index contributed by atoms with van der Waals surface area (Å²) in [5.41, 5.74) is 0.960. The smallest absolute Gasteiger partial charge is 0.255 e. The molecule has 0 aromatic carbocycles. The monoisotopic (exact) mass is 349 g/mol. The minimum Gasteiger partial charge on any atom is -0.469 e. The summed E-state index contributed by atoms with van der Waals surface area (Å²) in [7, 11) is 3.93. The molecule has 1 aromatic rings. The first-order chi connectivity index (χ1) is 11.7. The molecule has 1 aromatic heterocycles. The largest absolute Gasteiger partial charge is 0.469 e. The first-order valence-electron chi connectivity index (χ1n) is 8.71. The Balaban J connectivity index is 1.64. The standard InChI is InChI=1S/C18H27N3O4/c1-11-9-25-12(2)15(11)16(23)19-13-7-21(8-14(13)22)17(24)18(5-6-18)10-20(3)4/h9,13-14,22H,5-8,10H2,1-4H3,(H,19,23)/t13-,14-/m1/s1. The lowest BCUT2D eigenvalue weighted by atomic mass is 10.1. The highest BCUT2D eigenvalue weighted by molar-refractivity contribution is 5.96. The molecular formula is C18H27N3O4. The molecule has 138 valence electrons. The third kappa shape index (κ3) is 3.43. The molecule has 1 saturated carbocycles. The third-order valence-corrected chi connectivity index (χ3v) is 5.20. The lowest BCUT2D eigenvalue weighted by molar-refractivity contribution is -0.136. The Morgan fingerprint density at radius 3 is 2.56 bits per heavy atom. The second-order valence-electron chi connectivity index (χ2n) is 7.73. The van der Waals surface area contributed by atoms with Gasteiger partial charge in [-0.05, 0) is 40.8 Å². The van der Waals surface area contributed by atoms with Crippen LogP contribution in [0.4, 0.5) is 0 Å². The number of carbonyl (C=O) groups excluding carboxylic acids is 2. The Labute approximate surface area is 148 Å². The predicted molar refractivity (Wildman–Crippen MR) is 92.2 cm³/mol. The van der Waals surface area contributed by atoms with Gasteiger partial charge in [0.1, 0.15) is 5.76 Å². The Morgan fingerprint density at radius 2 is 2.04 bits per heavy atom. The molecule has 7 nitrogen and oxygen atoms in total. The second-order valence-corrected chi connectivity index (χ2v) is 7.73. The van der Waals surface area contributed by atoms with Crippen molar-refractivity contribution in [2.75, 3.05) is 33.7 Å². The molecule has 2 heterocycles. The molecule has 2 atom stereocenters. The molecule has 0 radical (unpaired) electrons. The number of β-amino-alcohol motifs (C(OH)–C–C–N with tert-alkyl or cyclic N) is 1. The summed E-state index contributed by atoms with van der Waals surface area (Å²) in [5.74, 6) is 0.377. The van der Waals surface area contributed by atoms with Crippen molar-refractivity contribution in [3.05, 3.63) is 23.2 Å². The highest BCUT2D eigenvalue weighted by atomic mass is 16.3. The van der Waals surface area contributed by atoms with Gasteiger partial charge in [-0.25, -0.2) is 0 Å². The van der Waals surface area contributed by atoms with Crippen LogP contribution in [0.2, 0.25) is 0 Å². The molecule has 0 bridgehead atoms. The topological polar surface area (TPSA) is 86.0 Å². The first-order valence-corrected chi connectivity index (χ1v) is 8.71. The molecule has 2 amide bonds. The summed E-state index contributed by atoms with van der Waals surface area (Å²) in [6, 6.07) is -0.458. The zero-order valence-electron chi connectivity index (χ0n) is 15.3. The van der Waals surface area contributed by atoms with Crippen LogP contribution in [0.1, 0.15) is 34.5 Å². The summed E-state index contributed by atoms with van der Waals surface area (Å²) in [4.78, 5) is 29.1. The number of rotatable bonds is 5. The summed E-state index contributed by atoms with van der Waals surface area (Å²) in [6.07, 6.45) is 2.57. The van der Waals surface area contributed by atoms with E-state index in [1.165, 1.54) is 0 Å². The normalized spacial score (nSPS) is 24.6. The van der Waals surface area contributed by atoms with Crippen LogP contribution >= 0.6 is 0 Å². The quantitative estimate of drug-likeness (QED) is 0.810. The maximum absolute atomic E-state index is 12.8. The van der Waals surface area contributed by atoms with E-state index in [-0.39, 0.29) is 23.8 Å². The van der Waals surface area contributed by atoms with E-state index >= 15 is 0 Å². The number of likely N-dealkylation sites (tertiary alicyclic amines) is 1. The van der Waals surface area contributed by atoms with Crippen LogP contribution in [0.3, 0.4) is 0 Å². The van der Waals surface area contributed by atoms with Gasteiger partial charge in [-0.3, -0.25) is 9.59 Å². The van der Waals surface area contributed by atoms with Crippen molar-refractivity contribution in [3.63, 3.8) is 0 Å². The molecule has 7 heteroatoms. The van der Waals surface area contributed by atoms with Crippen LogP contribution in [-0.4, -0.2) is 72.6 Å². The van der Waals surface area contributed by atoms with Crippen LogP contribution in [0.15, 0.2) is 10.7 Å². The molecular weight excluding hydrogens is 322 g/mol. The molecule has 0 unspecified atom stereocenters. The van der Waals surface area contributed by atoms with Crippen molar-refractivity contribution in [1.29, 1.82) is 0 Å². The summed E-state index contributed by atoms with van der Waals surface area (Å²) in [5, 5.41) is 13.2. The van der Waals surface area contributed by atoms with Gasteiger partial charge in [-0.2, -0.15) is 0 Å². The molecule has 2 fully saturated rings. The minimum atomic E-state index is -0.754. The molecule has 3 rings (SSSR count). The molecule has 1 aliphatic heterocycles. The van der Waals surface area contributed by atoms with Crippen LogP contribution in [-0.2, 0) is 4.79 Å². The molecule has 2 N–H and O–H groups in total. The summed E-state index contributed by atoms with van der Waals surface area (Å²) < 4.78 is 5.26. The van der Waals surface area contributed by atoms with E-state index in [4.69, 9.17) is 4.42 Å². The van der Waals surface area contributed by atoms with Crippen molar-refractivity contribution < 1.29 is 19.1 Å². The predicted octanol–water partition coefficient (Wildman–Crippen LogP) is 0.540. The van der Waals surface area contributed by atoms with Gasteiger partial charge in [0.05, 0.1) is 29.4 Å². The Hall–Kier alpha value is -1.86. The molecule has 0 spiro atoms. The summed E-state index contributed by atoms with van der Waals surface area (Å²) in [6.45, 7) is 4.88. The van der Waals surface area contributed by atoms with Crippen molar-refractivity contribution >= 4 is 11.8 Å². The second kappa shape index (κ2) is 6.46. The number of hydrogen-bond acceptors (Lipinski definition) is 5. The number of nitrogens with zero attached hydrogens (tertiary/aromatic N) is 2. The van der Waals surface area contributed by atoms with E-state index in [0.717, 1.165) is 24.9 Å². The highest BCUT2D eigenvalue weighted by Crippen LogP contribution is 2.48. The number of aliphatic hydroxyl groups is 1. The Morgan fingerprint density at radius 1 is 1.36 bits per heavy atom. The van der Waals surface area contributed by atoms with Crippen molar-refractivity contribution in [1.82, 2.24) is 15.1 Å². The zero-order valence-corrected chi connectivity index (χ0v) is 15.3. The number of nitrogens with one attached hydrogen (secondary N) is 1. The number of hydrogen-bond donors (Lipinski definition) is 2. The summed E-state index contributed by atoms with van der Waals surface area (Å²) >= 11 is 0. The average molecular weight is 349 g/mol. The number of furan rings is 1. The molecule has 1 aliphatic carbocycles. The van der Waals surface area contributed by atoms with Crippen LogP contribution in [0, 0.1) is 19.3 Å². The lowest BCUT2D eigenvalue weighted by Crippen LogP contribution is -2.44. The number of aryl methyl sites for hydroxylation is 2. The molecule has 2 aliphatic rings. The SMILES string of the molecule is Cc1coc(C)c1C(=O)N[C@@H]1CN(C(=O)C2(CN(C)C)CC2)C[C@H]1O. The van der Waals surface area contributed by atoms with Crippen LogP contribution in [0.5, 0.6) is 0 Å². The van der Waals surface area contributed by atoms with Crippen molar-refractivity contribution in [3.8, 4) is 0 Å². The van der Waals surface area contributed by atoms with E-state index in [1.54, 1.807) is 18.1 Å².